The molecule has 1 amide bonds. The van der Waals surface area contributed by atoms with E-state index in [2.05, 4.69) is 22.2 Å². The molecule has 0 fully saturated rings. The van der Waals surface area contributed by atoms with Gasteiger partial charge in [0, 0.05) is 41.2 Å². The molecule has 1 aromatic carbocycles. The molecule has 1 unspecified atom stereocenters. The number of hydrogen-bond donors (Lipinski definition) is 2. The molecule has 0 saturated heterocycles. The number of rotatable bonds is 3. The summed E-state index contributed by atoms with van der Waals surface area (Å²) in [7, 11) is 0. The molecular formula is C24H22FN5O. The van der Waals surface area contributed by atoms with E-state index in [4.69, 9.17) is 5.10 Å². The number of carbonyl (C=O) groups is 1. The summed E-state index contributed by atoms with van der Waals surface area (Å²) in [5, 5.41) is 7.69. The van der Waals surface area contributed by atoms with Gasteiger partial charge in [0.2, 0.25) is 5.91 Å². The number of aryl methyl sites for hydroxylation is 1. The van der Waals surface area contributed by atoms with Crippen LogP contribution in [0.5, 0.6) is 0 Å². The van der Waals surface area contributed by atoms with Crippen molar-refractivity contribution >= 4 is 11.7 Å². The summed E-state index contributed by atoms with van der Waals surface area (Å²) in [5.41, 5.74) is 6.79. The molecule has 6 nitrogen and oxygen atoms in total. The second-order valence-corrected chi connectivity index (χ2v) is 8.02. The van der Waals surface area contributed by atoms with Crippen LogP contribution >= 0.6 is 0 Å². The normalized spacial score (nSPS) is 14.8. The Hall–Kier alpha value is -3.74. The number of nitrogens with zero attached hydrogens (tertiary/aromatic N) is 3. The van der Waals surface area contributed by atoms with E-state index >= 15 is 0 Å². The van der Waals surface area contributed by atoms with Crippen molar-refractivity contribution in [1.29, 1.82) is 0 Å². The van der Waals surface area contributed by atoms with Crippen molar-refractivity contribution in [3.8, 4) is 28.2 Å². The largest absolute Gasteiger partial charge is 0.345 e. The van der Waals surface area contributed by atoms with Crippen molar-refractivity contribution in [2.24, 2.45) is 0 Å². The number of hydrogen-bond acceptors (Lipinski definition) is 3. The van der Waals surface area contributed by atoms with Crippen molar-refractivity contribution in [1.82, 2.24) is 19.7 Å². The highest BCUT2D eigenvalue weighted by Crippen LogP contribution is 2.46. The monoisotopic (exact) mass is 415 g/mol. The van der Waals surface area contributed by atoms with Crippen LogP contribution < -0.4 is 5.32 Å². The minimum absolute atomic E-state index is 0.142. The van der Waals surface area contributed by atoms with E-state index in [9.17, 15) is 9.18 Å². The van der Waals surface area contributed by atoms with E-state index in [-0.39, 0.29) is 17.6 Å². The van der Waals surface area contributed by atoms with E-state index in [0.29, 0.717) is 11.5 Å². The Kier molecular flexibility index (Phi) is 4.46. The molecule has 1 aliphatic rings. The molecule has 31 heavy (non-hydrogen) atoms. The predicted molar refractivity (Wildman–Crippen MR) is 118 cm³/mol. The molecule has 2 N–H and O–H groups in total. The third-order valence-electron chi connectivity index (χ3n) is 5.66. The fourth-order valence-electron chi connectivity index (χ4n) is 4.31. The number of carbonyl (C=O) groups excluding carboxylic acids is 1. The van der Waals surface area contributed by atoms with E-state index in [0.717, 1.165) is 45.9 Å². The van der Waals surface area contributed by atoms with Crippen LogP contribution in [0.1, 0.15) is 36.7 Å². The number of aromatic amines is 1. The standard InChI is InChI=1S/C24H22FN5O/c1-13-10-19-17(11-21(28-19)27-15(3)31)24-22(13)23(16-9-8-14(2)26-12-16)29-30(24)20-7-5-4-6-18(20)25/h4-9,11-13,28H,10H2,1-3H3,(H,27,31). The first kappa shape index (κ1) is 19.2. The van der Waals surface area contributed by atoms with Crippen molar-refractivity contribution in [2.45, 2.75) is 33.1 Å². The first-order valence-corrected chi connectivity index (χ1v) is 10.2. The highest BCUT2D eigenvalue weighted by Gasteiger charge is 2.33. The minimum Gasteiger partial charge on any atom is -0.345 e. The summed E-state index contributed by atoms with van der Waals surface area (Å²) in [6, 6.07) is 12.5. The number of aromatic nitrogens is 4. The second-order valence-electron chi connectivity index (χ2n) is 8.02. The smallest absolute Gasteiger partial charge is 0.222 e. The Morgan fingerprint density at radius 2 is 2.06 bits per heavy atom. The molecule has 0 spiro atoms. The zero-order valence-electron chi connectivity index (χ0n) is 17.5. The lowest BCUT2D eigenvalue weighted by atomic mass is 9.84. The lowest BCUT2D eigenvalue weighted by Crippen LogP contribution is -2.10. The molecule has 4 aromatic rings. The van der Waals surface area contributed by atoms with Gasteiger partial charge in [-0.1, -0.05) is 19.1 Å². The van der Waals surface area contributed by atoms with E-state index in [1.165, 1.54) is 13.0 Å². The Labute approximate surface area is 179 Å². The van der Waals surface area contributed by atoms with Crippen molar-refractivity contribution in [2.75, 3.05) is 5.32 Å². The number of benzene rings is 1. The van der Waals surface area contributed by atoms with E-state index < -0.39 is 0 Å². The fraction of sp³-hybridized carbons (Fsp3) is 0.208. The SMILES string of the molecule is CC(=O)Nc1cc2c([nH]1)CC(C)c1c(-c3ccc(C)nc3)nn(-c3ccccc3F)c1-2. The second kappa shape index (κ2) is 7.19. The maximum absolute atomic E-state index is 14.8. The van der Waals surface area contributed by atoms with Crippen molar-refractivity contribution in [3.05, 3.63) is 71.4 Å². The van der Waals surface area contributed by atoms with Gasteiger partial charge in [0.15, 0.2) is 0 Å². The van der Waals surface area contributed by atoms with Crippen LogP contribution in [-0.4, -0.2) is 25.7 Å². The summed E-state index contributed by atoms with van der Waals surface area (Å²) < 4.78 is 16.5. The van der Waals surface area contributed by atoms with Crippen molar-refractivity contribution in [3.63, 3.8) is 0 Å². The third kappa shape index (κ3) is 3.22. The predicted octanol–water partition coefficient (Wildman–Crippen LogP) is 4.99. The zero-order valence-corrected chi connectivity index (χ0v) is 17.5. The molecule has 0 radical (unpaired) electrons. The number of H-pyrrole nitrogens is 1. The van der Waals surface area contributed by atoms with Gasteiger partial charge >= 0.3 is 0 Å². The van der Waals surface area contributed by atoms with Crippen LogP contribution in [0.4, 0.5) is 10.2 Å². The van der Waals surface area contributed by atoms with E-state index in [1.54, 1.807) is 22.9 Å². The van der Waals surface area contributed by atoms with Gasteiger partial charge in [0.25, 0.3) is 0 Å². The molecule has 3 aromatic heterocycles. The number of amides is 1. The molecule has 0 aliphatic heterocycles. The first-order chi connectivity index (χ1) is 14.9. The van der Waals surface area contributed by atoms with Gasteiger partial charge in [0.1, 0.15) is 17.3 Å². The number of pyridine rings is 1. The molecular weight excluding hydrogens is 393 g/mol. The van der Waals surface area contributed by atoms with Gasteiger partial charge in [-0.3, -0.25) is 9.78 Å². The summed E-state index contributed by atoms with van der Waals surface area (Å²) >= 11 is 0. The van der Waals surface area contributed by atoms with Gasteiger partial charge in [-0.2, -0.15) is 5.10 Å². The van der Waals surface area contributed by atoms with Gasteiger partial charge in [-0.25, -0.2) is 9.07 Å². The molecule has 3 heterocycles. The molecule has 0 saturated carbocycles. The lowest BCUT2D eigenvalue weighted by molar-refractivity contribution is -0.114. The average Bonchev–Trinajstić information content (AvgIpc) is 3.30. The van der Waals surface area contributed by atoms with Crippen LogP contribution in [0, 0.1) is 12.7 Å². The van der Waals surface area contributed by atoms with Crippen molar-refractivity contribution < 1.29 is 9.18 Å². The van der Waals surface area contributed by atoms with Gasteiger partial charge < -0.3 is 10.3 Å². The topological polar surface area (TPSA) is 75.6 Å². The maximum Gasteiger partial charge on any atom is 0.222 e. The van der Waals surface area contributed by atoms with Crippen LogP contribution in [0.2, 0.25) is 0 Å². The fourth-order valence-corrected chi connectivity index (χ4v) is 4.31. The van der Waals surface area contributed by atoms with Crippen LogP contribution in [0.25, 0.3) is 28.2 Å². The quantitative estimate of drug-likeness (QED) is 0.495. The minimum atomic E-state index is -0.348. The number of fused-ring (bicyclic) bond motifs is 3. The maximum atomic E-state index is 14.8. The van der Waals surface area contributed by atoms with E-state index in [1.807, 2.05) is 31.3 Å². The Morgan fingerprint density at radius 1 is 1.26 bits per heavy atom. The zero-order chi connectivity index (χ0) is 21.7. The molecule has 7 heteroatoms. The first-order valence-electron chi connectivity index (χ1n) is 10.2. The number of nitrogens with one attached hydrogen (secondary N) is 2. The summed E-state index contributed by atoms with van der Waals surface area (Å²) in [6.45, 7) is 5.55. The highest BCUT2D eigenvalue weighted by molar-refractivity contribution is 5.90. The number of halogens is 1. The number of para-hydroxylation sites is 1. The number of anilines is 1. The van der Waals surface area contributed by atoms with Gasteiger partial charge in [0.05, 0.1) is 11.4 Å². The van der Waals surface area contributed by atoms with Gasteiger partial charge in [-0.05, 0) is 49.6 Å². The summed E-state index contributed by atoms with van der Waals surface area (Å²) in [6.07, 6.45) is 2.57. The van der Waals surface area contributed by atoms with Gasteiger partial charge in [-0.15, -0.1) is 0 Å². The highest BCUT2D eigenvalue weighted by atomic mass is 19.1. The molecule has 1 aliphatic carbocycles. The average molecular weight is 415 g/mol. The Balaban J connectivity index is 1.79. The molecule has 5 rings (SSSR count). The molecule has 156 valence electrons. The molecule has 0 bridgehead atoms. The molecule has 1 atom stereocenters. The third-order valence-corrected chi connectivity index (χ3v) is 5.66. The lowest BCUT2D eigenvalue weighted by Gasteiger charge is -2.21. The van der Waals surface area contributed by atoms with Crippen LogP contribution in [0.15, 0.2) is 48.7 Å². The summed E-state index contributed by atoms with van der Waals surface area (Å²) in [5.74, 6) is 0.264. The Morgan fingerprint density at radius 3 is 2.77 bits per heavy atom. The van der Waals surface area contributed by atoms with Crippen LogP contribution in [-0.2, 0) is 11.2 Å². The van der Waals surface area contributed by atoms with Crippen LogP contribution in [0.3, 0.4) is 0 Å². The Bertz CT molecular complexity index is 1300. The summed E-state index contributed by atoms with van der Waals surface area (Å²) in [4.78, 5) is 19.3.